The molecule has 1 amide bonds. The summed E-state index contributed by atoms with van der Waals surface area (Å²) in [6, 6.07) is 1.93. The van der Waals surface area contributed by atoms with Crippen LogP contribution in [0.25, 0.3) is 0 Å². The summed E-state index contributed by atoms with van der Waals surface area (Å²) < 4.78 is 2.32. The van der Waals surface area contributed by atoms with Crippen molar-refractivity contribution < 1.29 is 4.79 Å². The van der Waals surface area contributed by atoms with Crippen LogP contribution in [0.15, 0.2) is 9.59 Å². The van der Waals surface area contributed by atoms with Crippen LogP contribution >= 0.6 is 0 Å². The monoisotopic (exact) mass is 302 g/mol. The van der Waals surface area contributed by atoms with E-state index in [1.54, 1.807) is 0 Å². The largest absolute Gasteiger partial charge is 0.352 e. The van der Waals surface area contributed by atoms with E-state index in [0.717, 1.165) is 23.8 Å². The second-order valence-electron chi connectivity index (χ2n) is 6.06. The molecule has 1 atom stereocenters. The number of nitrogens with zero attached hydrogens (tertiary/aromatic N) is 3. The van der Waals surface area contributed by atoms with Crippen molar-refractivity contribution in [2.75, 3.05) is 0 Å². The molecule has 22 heavy (non-hydrogen) atoms. The number of rotatable bonds is 4. The summed E-state index contributed by atoms with van der Waals surface area (Å²) in [5.74, 6) is 0.137. The van der Waals surface area contributed by atoms with Crippen LogP contribution in [0, 0.1) is 17.2 Å². The van der Waals surface area contributed by atoms with Gasteiger partial charge in [-0.25, -0.2) is 9.36 Å². The highest BCUT2D eigenvalue weighted by Crippen LogP contribution is 2.32. The maximum Gasteiger partial charge on any atom is 0.331 e. The summed E-state index contributed by atoms with van der Waals surface area (Å²) in [7, 11) is 0. The van der Waals surface area contributed by atoms with Crippen molar-refractivity contribution in [2.45, 2.75) is 51.7 Å². The molecule has 0 saturated heterocycles. The van der Waals surface area contributed by atoms with E-state index in [0.29, 0.717) is 24.6 Å². The molecule has 0 aromatic carbocycles. The van der Waals surface area contributed by atoms with Gasteiger partial charge in [-0.05, 0) is 38.5 Å². The number of nitriles is 1. The third-order valence-corrected chi connectivity index (χ3v) is 4.46. The Morgan fingerprint density at radius 3 is 2.82 bits per heavy atom. The van der Waals surface area contributed by atoms with Crippen molar-refractivity contribution in [1.82, 2.24) is 14.5 Å². The van der Waals surface area contributed by atoms with Crippen LogP contribution < -0.4 is 16.6 Å². The average molecular weight is 302 g/mol. The Bertz CT molecular complexity index is 780. The number of nitrogens with one attached hydrogen (secondary N) is 1. The average Bonchev–Trinajstić information content (AvgIpc) is 3.23. The Labute approximate surface area is 127 Å². The molecule has 0 unspecified atom stereocenters. The van der Waals surface area contributed by atoms with Crippen LogP contribution in [0.1, 0.15) is 37.4 Å². The van der Waals surface area contributed by atoms with Gasteiger partial charge in [-0.2, -0.15) is 5.26 Å². The number of fused-ring (bicyclic) bond motifs is 1. The van der Waals surface area contributed by atoms with E-state index in [-0.39, 0.29) is 24.1 Å². The van der Waals surface area contributed by atoms with Gasteiger partial charge in [0.1, 0.15) is 18.2 Å². The molecule has 0 bridgehead atoms. The van der Waals surface area contributed by atoms with Gasteiger partial charge >= 0.3 is 5.69 Å². The molecule has 7 nitrogen and oxygen atoms in total. The van der Waals surface area contributed by atoms with Crippen molar-refractivity contribution in [3.05, 3.63) is 32.1 Å². The molecule has 0 radical (unpaired) electrons. The zero-order chi connectivity index (χ0) is 15.9. The van der Waals surface area contributed by atoms with Crippen molar-refractivity contribution in [1.29, 1.82) is 5.26 Å². The van der Waals surface area contributed by atoms with E-state index in [2.05, 4.69) is 5.32 Å². The van der Waals surface area contributed by atoms with Gasteiger partial charge in [0, 0.05) is 18.3 Å². The maximum atomic E-state index is 12.4. The van der Waals surface area contributed by atoms with Crippen LogP contribution in [0.4, 0.5) is 0 Å². The first-order valence-electron chi connectivity index (χ1n) is 7.59. The summed E-state index contributed by atoms with van der Waals surface area (Å²) >= 11 is 0. The Hall–Kier alpha value is -2.36. The lowest BCUT2D eigenvalue weighted by Gasteiger charge is -2.14. The number of carbonyl (C=O) groups is 1. The van der Waals surface area contributed by atoms with E-state index in [1.807, 2.05) is 13.0 Å². The minimum Gasteiger partial charge on any atom is -0.352 e. The van der Waals surface area contributed by atoms with E-state index in [4.69, 9.17) is 0 Å². The predicted octanol–water partition coefficient (Wildman–Crippen LogP) is -0.257. The van der Waals surface area contributed by atoms with Gasteiger partial charge in [-0.1, -0.05) is 0 Å². The molecule has 0 spiro atoms. The fourth-order valence-electron chi connectivity index (χ4n) is 3.05. The Morgan fingerprint density at radius 1 is 1.45 bits per heavy atom. The summed E-state index contributed by atoms with van der Waals surface area (Å²) in [4.78, 5) is 36.7. The highest BCUT2D eigenvalue weighted by atomic mass is 16.2. The summed E-state index contributed by atoms with van der Waals surface area (Å²) in [6.07, 6.45) is 3.49. The Morgan fingerprint density at radius 2 is 2.18 bits per heavy atom. The zero-order valence-corrected chi connectivity index (χ0v) is 12.5. The normalized spacial score (nSPS) is 17.6. The van der Waals surface area contributed by atoms with E-state index < -0.39 is 11.2 Å². The molecule has 2 heterocycles. The van der Waals surface area contributed by atoms with Crippen molar-refractivity contribution in [3.8, 4) is 6.07 Å². The molecule has 1 N–H and O–H groups in total. The van der Waals surface area contributed by atoms with Gasteiger partial charge in [0.05, 0.1) is 0 Å². The van der Waals surface area contributed by atoms with Crippen molar-refractivity contribution in [2.24, 2.45) is 5.92 Å². The van der Waals surface area contributed by atoms with Gasteiger partial charge in [-0.3, -0.25) is 14.2 Å². The fraction of sp³-hybridized carbons (Fsp3) is 0.600. The SMILES string of the molecule is C[C@H](NC(=O)Cn1c(=O)c(C#N)c2n(c1=O)CCC2)C1CC1. The van der Waals surface area contributed by atoms with Gasteiger partial charge in [0.15, 0.2) is 0 Å². The van der Waals surface area contributed by atoms with Crippen LogP contribution in [0.2, 0.25) is 0 Å². The quantitative estimate of drug-likeness (QED) is 0.829. The lowest BCUT2D eigenvalue weighted by Crippen LogP contribution is -2.46. The molecule has 1 aromatic heterocycles. The van der Waals surface area contributed by atoms with Gasteiger partial charge < -0.3 is 5.32 Å². The number of hydrogen-bond acceptors (Lipinski definition) is 4. The molecule has 1 aliphatic carbocycles. The van der Waals surface area contributed by atoms with Crippen LogP contribution in [-0.2, 0) is 24.3 Å². The molecule has 1 aromatic rings. The summed E-state index contributed by atoms with van der Waals surface area (Å²) in [5.41, 5.74) is -0.666. The summed E-state index contributed by atoms with van der Waals surface area (Å²) in [5, 5.41) is 12.0. The highest BCUT2D eigenvalue weighted by Gasteiger charge is 2.29. The molecule has 116 valence electrons. The Kier molecular flexibility index (Phi) is 3.61. The topological polar surface area (TPSA) is 96.9 Å². The number of aromatic nitrogens is 2. The molecule has 1 fully saturated rings. The lowest BCUT2D eigenvalue weighted by atomic mass is 10.2. The van der Waals surface area contributed by atoms with Gasteiger partial charge in [0.2, 0.25) is 5.91 Å². The minimum absolute atomic E-state index is 0.0138. The van der Waals surface area contributed by atoms with E-state index in [1.165, 1.54) is 4.57 Å². The molecular weight excluding hydrogens is 284 g/mol. The van der Waals surface area contributed by atoms with Gasteiger partial charge in [0.25, 0.3) is 5.56 Å². The number of hydrogen-bond donors (Lipinski definition) is 1. The second kappa shape index (κ2) is 5.44. The second-order valence-corrected chi connectivity index (χ2v) is 6.06. The molecule has 2 aliphatic rings. The number of carbonyl (C=O) groups excluding carboxylic acids is 1. The first-order chi connectivity index (χ1) is 10.5. The Balaban J connectivity index is 1.91. The molecule has 1 saturated carbocycles. The first kappa shape index (κ1) is 14.6. The molecule has 3 rings (SSSR count). The van der Waals surface area contributed by atoms with Gasteiger partial charge in [-0.15, -0.1) is 0 Å². The van der Waals surface area contributed by atoms with E-state index in [9.17, 15) is 19.6 Å². The first-order valence-corrected chi connectivity index (χ1v) is 7.59. The zero-order valence-electron chi connectivity index (χ0n) is 12.5. The van der Waals surface area contributed by atoms with Crippen molar-refractivity contribution in [3.63, 3.8) is 0 Å². The molecule has 1 aliphatic heterocycles. The van der Waals surface area contributed by atoms with Crippen LogP contribution in [-0.4, -0.2) is 21.1 Å². The van der Waals surface area contributed by atoms with Crippen molar-refractivity contribution >= 4 is 5.91 Å². The minimum atomic E-state index is -0.658. The standard InChI is InChI=1S/C15H18N4O3/c1-9(10-4-5-10)17-13(20)8-19-14(21)11(7-16)12-3-2-6-18(12)15(19)22/h9-10H,2-6,8H2,1H3,(H,17,20)/t9-/m0/s1. The smallest absolute Gasteiger partial charge is 0.331 e. The fourth-order valence-corrected chi connectivity index (χ4v) is 3.05. The predicted molar refractivity (Wildman–Crippen MR) is 78.3 cm³/mol. The molecular formula is C15H18N4O3. The molecule has 7 heteroatoms. The number of amides is 1. The third kappa shape index (κ3) is 2.45. The van der Waals surface area contributed by atoms with E-state index >= 15 is 0 Å². The van der Waals surface area contributed by atoms with Crippen LogP contribution in [0.5, 0.6) is 0 Å². The summed E-state index contributed by atoms with van der Waals surface area (Å²) in [6.45, 7) is 2.08. The highest BCUT2D eigenvalue weighted by molar-refractivity contribution is 5.76. The lowest BCUT2D eigenvalue weighted by molar-refractivity contribution is -0.122. The maximum absolute atomic E-state index is 12.4. The third-order valence-electron chi connectivity index (χ3n) is 4.46. The van der Waals surface area contributed by atoms with Crippen LogP contribution in [0.3, 0.4) is 0 Å².